The van der Waals surface area contributed by atoms with Crippen LogP contribution in [-0.2, 0) is 6.18 Å². The maximum absolute atomic E-state index is 14.3. The van der Waals surface area contributed by atoms with Crippen LogP contribution in [0.2, 0.25) is 0 Å². The first-order valence-corrected chi connectivity index (χ1v) is 9.89. The Labute approximate surface area is 183 Å². The number of nitrogens with one attached hydrogen (secondary N) is 1. The number of amides is 2. The van der Waals surface area contributed by atoms with Crippen LogP contribution in [0.1, 0.15) is 28.4 Å². The minimum absolute atomic E-state index is 0.0174. The molecule has 2 aromatic carbocycles. The lowest BCUT2D eigenvalue weighted by Gasteiger charge is -2.36. The summed E-state index contributed by atoms with van der Waals surface area (Å²) in [4.78, 5) is 27.0. The maximum atomic E-state index is 14.3. The van der Waals surface area contributed by atoms with Crippen molar-refractivity contribution in [2.45, 2.75) is 13.1 Å². The van der Waals surface area contributed by atoms with E-state index in [4.69, 9.17) is 0 Å². The first-order valence-electron chi connectivity index (χ1n) is 9.89. The van der Waals surface area contributed by atoms with Gasteiger partial charge in [0.15, 0.2) is 5.78 Å². The van der Waals surface area contributed by atoms with Crippen molar-refractivity contribution >= 4 is 17.5 Å². The number of alkyl halides is 3. The van der Waals surface area contributed by atoms with Gasteiger partial charge in [0.25, 0.3) is 0 Å². The third-order valence-electron chi connectivity index (χ3n) is 5.01. The number of nitrogens with zero attached hydrogens (tertiary/aromatic N) is 2. The zero-order valence-corrected chi connectivity index (χ0v) is 17.3. The predicted molar refractivity (Wildman–Crippen MR) is 112 cm³/mol. The van der Waals surface area contributed by atoms with E-state index in [1.54, 1.807) is 21.9 Å². The average Bonchev–Trinajstić information content (AvgIpc) is 2.76. The summed E-state index contributed by atoms with van der Waals surface area (Å²) < 4.78 is 52.5. The highest BCUT2D eigenvalue weighted by atomic mass is 19.4. The Kier molecular flexibility index (Phi) is 7.03. The van der Waals surface area contributed by atoms with Gasteiger partial charge in [0.05, 0.1) is 17.8 Å². The molecule has 168 valence electrons. The molecule has 2 aromatic rings. The molecule has 1 N–H and O–H groups in total. The number of carbonyl (C=O) groups excluding carboxylic acids is 2. The van der Waals surface area contributed by atoms with Crippen molar-refractivity contribution in [1.82, 2.24) is 10.2 Å². The van der Waals surface area contributed by atoms with Crippen LogP contribution in [0, 0.1) is 17.7 Å². The van der Waals surface area contributed by atoms with Gasteiger partial charge in [0.1, 0.15) is 5.82 Å². The van der Waals surface area contributed by atoms with Crippen LogP contribution in [0.4, 0.5) is 28.0 Å². The highest BCUT2D eigenvalue weighted by molar-refractivity contribution is 5.94. The molecular weight excluding hydrogens is 426 g/mol. The van der Waals surface area contributed by atoms with Crippen LogP contribution in [0.15, 0.2) is 42.5 Å². The molecule has 0 atom stereocenters. The number of halogens is 4. The summed E-state index contributed by atoms with van der Waals surface area (Å²) in [7, 11) is 0. The number of hydrogen-bond donors (Lipinski definition) is 1. The number of hydrogen-bond acceptors (Lipinski definition) is 3. The molecule has 2 amide bonds. The van der Waals surface area contributed by atoms with Crippen molar-refractivity contribution in [3.05, 3.63) is 65.0 Å². The molecule has 0 unspecified atom stereocenters. The van der Waals surface area contributed by atoms with Crippen molar-refractivity contribution in [3.63, 3.8) is 0 Å². The maximum Gasteiger partial charge on any atom is 0.416 e. The van der Waals surface area contributed by atoms with Crippen molar-refractivity contribution in [1.29, 1.82) is 0 Å². The van der Waals surface area contributed by atoms with Crippen molar-refractivity contribution < 1.29 is 27.2 Å². The van der Waals surface area contributed by atoms with E-state index < -0.39 is 17.6 Å². The van der Waals surface area contributed by atoms with Crippen LogP contribution >= 0.6 is 0 Å². The second kappa shape index (κ2) is 9.73. The third kappa shape index (κ3) is 5.78. The van der Waals surface area contributed by atoms with Gasteiger partial charge in [-0.15, -0.1) is 0 Å². The Hall–Kier alpha value is -3.54. The van der Waals surface area contributed by atoms with E-state index in [1.807, 2.05) is 0 Å². The molecule has 0 spiro atoms. The van der Waals surface area contributed by atoms with Gasteiger partial charge in [0, 0.05) is 37.3 Å². The molecule has 1 aliphatic heterocycles. The normalized spacial score (nSPS) is 13.9. The van der Waals surface area contributed by atoms with E-state index in [0.717, 1.165) is 12.1 Å². The molecule has 0 aromatic heterocycles. The summed E-state index contributed by atoms with van der Waals surface area (Å²) >= 11 is 0. The zero-order chi connectivity index (χ0) is 23.3. The molecule has 1 heterocycles. The number of benzene rings is 2. The Balaban J connectivity index is 1.50. The van der Waals surface area contributed by atoms with Gasteiger partial charge in [-0.05, 0) is 43.3 Å². The number of Topliss-reactive ketones (excluding diaryl/α,β-unsaturated/α-hetero) is 1. The molecule has 32 heavy (non-hydrogen) atoms. The van der Waals surface area contributed by atoms with Crippen LogP contribution in [0.5, 0.6) is 0 Å². The molecule has 1 fully saturated rings. The predicted octanol–water partition coefficient (Wildman–Crippen LogP) is 3.93. The lowest BCUT2D eigenvalue weighted by Crippen LogP contribution is -2.52. The Morgan fingerprint density at radius 2 is 1.78 bits per heavy atom. The molecule has 5 nitrogen and oxygen atoms in total. The van der Waals surface area contributed by atoms with Crippen molar-refractivity contribution in [2.24, 2.45) is 0 Å². The minimum atomic E-state index is -4.44. The summed E-state index contributed by atoms with van der Waals surface area (Å²) in [5, 5.41) is 2.61. The number of ketones is 1. The molecule has 3 rings (SSSR count). The van der Waals surface area contributed by atoms with E-state index in [0.29, 0.717) is 37.4 Å². The van der Waals surface area contributed by atoms with Crippen LogP contribution in [-0.4, -0.2) is 49.4 Å². The number of anilines is 1. The fraction of sp³-hybridized carbons (Fsp3) is 0.304. The Bertz CT molecular complexity index is 1060. The summed E-state index contributed by atoms with van der Waals surface area (Å²) in [6, 6.07) is 8.66. The van der Waals surface area contributed by atoms with Crippen LogP contribution < -0.4 is 10.2 Å². The second-order valence-corrected chi connectivity index (χ2v) is 7.24. The molecule has 1 saturated heterocycles. The monoisotopic (exact) mass is 447 g/mol. The van der Waals surface area contributed by atoms with Crippen molar-refractivity contribution in [3.8, 4) is 11.8 Å². The molecule has 0 aliphatic carbocycles. The highest BCUT2D eigenvalue weighted by Gasteiger charge is 2.30. The van der Waals surface area contributed by atoms with E-state index in [9.17, 15) is 27.2 Å². The molecule has 0 bridgehead atoms. The van der Waals surface area contributed by atoms with E-state index >= 15 is 0 Å². The fourth-order valence-corrected chi connectivity index (χ4v) is 3.28. The topological polar surface area (TPSA) is 52.7 Å². The number of rotatable bonds is 3. The Morgan fingerprint density at radius 3 is 2.41 bits per heavy atom. The summed E-state index contributed by atoms with van der Waals surface area (Å²) in [6.45, 7) is 2.91. The SMILES string of the molecule is CC(=O)c1ccc(N2CCN(C(=O)NCC#Cc3cccc(C(F)(F)F)c3)CC2)c(F)c1. The zero-order valence-electron chi connectivity index (χ0n) is 17.3. The second-order valence-electron chi connectivity index (χ2n) is 7.24. The van der Waals surface area contributed by atoms with Crippen molar-refractivity contribution in [2.75, 3.05) is 37.6 Å². The first-order chi connectivity index (χ1) is 15.1. The van der Waals surface area contributed by atoms with Gasteiger partial charge in [-0.1, -0.05) is 17.9 Å². The lowest BCUT2D eigenvalue weighted by atomic mass is 10.1. The van der Waals surface area contributed by atoms with E-state index in [-0.39, 0.29) is 23.9 Å². The first kappa shape index (κ1) is 23.1. The molecule has 9 heteroatoms. The standard InChI is InChI=1S/C23H21F4N3O2/c1-16(31)18-7-8-21(20(24)15-18)29-10-12-30(13-11-29)22(32)28-9-3-5-17-4-2-6-19(14-17)23(25,26)27/h2,4,6-8,14-15H,9-13H2,1H3,(H,28,32). The minimum Gasteiger partial charge on any atom is -0.366 e. The third-order valence-corrected chi connectivity index (χ3v) is 5.01. The molecule has 1 aliphatic rings. The smallest absolute Gasteiger partial charge is 0.366 e. The average molecular weight is 447 g/mol. The number of carbonyl (C=O) groups is 2. The van der Waals surface area contributed by atoms with E-state index in [1.165, 1.54) is 25.1 Å². The molecular formula is C23H21F4N3O2. The largest absolute Gasteiger partial charge is 0.416 e. The Morgan fingerprint density at radius 1 is 1.06 bits per heavy atom. The summed E-state index contributed by atoms with van der Waals surface area (Å²) in [6.07, 6.45) is -4.44. The van der Waals surface area contributed by atoms with Gasteiger partial charge in [-0.2, -0.15) is 13.2 Å². The fourth-order valence-electron chi connectivity index (χ4n) is 3.28. The summed E-state index contributed by atoms with van der Waals surface area (Å²) in [5.74, 6) is 4.55. The molecule has 0 radical (unpaired) electrons. The van der Waals surface area contributed by atoms with Gasteiger partial charge >= 0.3 is 12.2 Å². The van der Waals surface area contributed by atoms with Crippen LogP contribution in [0.25, 0.3) is 0 Å². The number of piperazine rings is 1. The molecule has 0 saturated carbocycles. The quantitative estimate of drug-likeness (QED) is 0.441. The lowest BCUT2D eigenvalue weighted by molar-refractivity contribution is -0.137. The van der Waals surface area contributed by atoms with Gasteiger partial charge < -0.3 is 15.1 Å². The van der Waals surface area contributed by atoms with Gasteiger partial charge in [0.2, 0.25) is 0 Å². The number of urea groups is 1. The van der Waals surface area contributed by atoms with Gasteiger partial charge in [-0.25, -0.2) is 9.18 Å². The van der Waals surface area contributed by atoms with Crippen LogP contribution in [0.3, 0.4) is 0 Å². The summed E-state index contributed by atoms with van der Waals surface area (Å²) in [5.41, 5.74) is 0.108. The van der Waals surface area contributed by atoms with Gasteiger partial charge in [-0.3, -0.25) is 4.79 Å². The highest BCUT2D eigenvalue weighted by Crippen LogP contribution is 2.29. The van der Waals surface area contributed by atoms with E-state index in [2.05, 4.69) is 17.2 Å².